The molecule has 2 N–H and O–H groups in total. The molecule has 1 fully saturated rings. The van der Waals surface area contributed by atoms with Crippen molar-refractivity contribution in [2.75, 3.05) is 13.2 Å². The van der Waals surface area contributed by atoms with Crippen LogP contribution in [0.25, 0.3) is 0 Å². The molecule has 0 bridgehead atoms. The van der Waals surface area contributed by atoms with E-state index in [9.17, 15) is 9.59 Å². The molecule has 0 aromatic heterocycles. The van der Waals surface area contributed by atoms with Crippen LogP contribution in [0.3, 0.4) is 0 Å². The fourth-order valence-corrected chi connectivity index (χ4v) is 3.90. The van der Waals surface area contributed by atoms with Crippen LogP contribution in [-0.2, 0) is 16.0 Å². The van der Waals surface area contributed by atoms with Crippen LogP contribution in [0.1, 0.15) is 37.7 Å². The second-order valence-electron chi connectivity index (χ2n) is 6.37. The maximum atomic E-state index is 12.5. The number of hydrogen-bond acceptors (Lipinski definition) is 4. The lowest BCUT2D eigenvalue weighted by molar-refractivity contribution is -0.139. The quantitative estimate of drug-likeness (QED) is 0.797. The monoisotopic (exact) mass is 397 g/mol. The highest BCUT2D eigenvalue weighted by Gasteiger charge is 2.37. The summed E-state index contributed by atoms with van der Waals surface area (Å²) in [6, 6.07) is 3.61. The van der Waals surface area contributed by atoms with E-state index < -0.39 is 11.5 Å². The molecule has 1 saturated carbocycles. The van der Waals surface area contributed by atoms with Crippen LogP contribution in [0.15, 0.2) is 16.6 Å². The molecule has 0 spiro atoms. The van der Waals surface area contributed by atoms with Crippen LogP contribution in [0.4, 0.5) is 0 Å². The molecule has 1 aliphatic heterocycles. The molecular formula is C17H20BrNO5. The van der Waals surface area contributed by atoms with Crippen molar-refractivity contribution in [3.63, 3.8) is 0 Å². The Bertz CT molecular complexity index is 655. The Kier molecular flexibility index (Phi) is 4.99. The van der Waals surface area contributed by atoms with Crippen LogP contribution in [0, 0.1) is 0 Å². The molecule has 1 heterocycles. The van der Waals surface area contributed by atoms with E-state index in [-0.39, 0.29) is 18.7 Å². The van der Waals surface area contributed by atoms with Gasteiger partial charge in [-0.2, -0.15) is 0 Å². The molecule has 1 aliphatic carbocycles. The number of carboxylic acids is 1. The first-order valence-electron chi connectivity index (χ1n) is 8.08. The molecule has 2 aliphatic rings. The van der Waals surface area contributed by atoms with E-state index in [0.717, 1.165) is 22.9 Å². The molecule has 24 heavy (non-hydrogen) atoms. The predicted octanol–water partition coefficient (Wildman–Crippen LogP) is 2.67. The van der Waals surface area contributed by atoms with Crippen LogP contribution < -0.4 is 14.8 Å². The highest BCUT2D eigenvalue weighted by molar-refractivity contribution is 9.10. The minimum absolute atomic E-state index is 0.0267. The predicted molar refractivity (Wildman–Crippen MR) is 90.4 cm³/mol. The first kappa shape index (κ1) is 17.1. The Hall–Kier alpha value is -1.76. The zero-order valence-corrected chi connectivity index (χ0v) is 14.9. The van der Waals surface area contributed by atoms with Gasteiger partial charge in [0.1, 0.15) is 13.2 Å². The van der Waals surface area contributed by atoms with Gasteiger partial charge in [-0.05, 0) is 30.5 Å². The van der Waals surface area contributed by atoms with Gasteiger partial charge in [0.15, 0.2) is 11.5 Å². The van der Waals surface area contributed by atoms with Gasteiger partial charge in [0.2, 0.25) is 5.91 Å². The van der Waals surface area contributed by atoms with Gasteiger partial charge in [-0.25, -0.2) is 0 Å². The summed E-state index contributed by atoms with van der Waals surface area (Å²) in [6.07, 6.45) is 3.46. The molecule has 0 atom stereocenters. The smallest absolute Gasteiger partial charge is 0.305 e. The third-order valence-electron chi connectivity index (χ3n) is 4.52. The molecular weight excluding hydrogens is 378 g/mol. The Balaban J connectivity index is 1.71. The van der Waals surface area contributed by atoms with Crippen molar-refractivity contribution in [1.82, 2.24) is 5.32 Å². The van der Waals surface area contributed by atoms with Crippen molar-refractivity contribution < 1.29 is 24.2 Å². The second kappa shape index (κ2) is 7.01. The number of amides is 1. The van der Waals surface area contributed by atoms with E-state index >= 15 is 0 Å². The lowest BCUT2D eigenvalue weighted by atomic mass is 9.92. The van der Waals surface area contributed by atoms with Crippen LogP contribution in [0.5, 0.6) is 11.5 Å². The zero-order chi connectivity index (χ0) is 17.2. The minimum atomic E-state index is -0.877. The number of hydrogen-bond donors (Lipinski definition) is 2. The third-order valence-corrected chi connectivity index (χ3v) is 5.26. The summed E-state index contributed by atoms with van der Waals surface area (Å²) in [5.74, 6) is 0.247. The number of rotatable bonds is 5. The molecule has 0 radical (unpaired) electrons. The summed E-state index contributed by atoms with van der Waals surface area (Å²) in [6.45, 7) is 0.999. The summed E-state index contributed by atoms with van der Waals surface area (Å²) in [5.41, 5.74) is 0.184. The van der Waals surface area contributed by atoms with Gasteiger partial charge in [0, 0.05) is 4.47 Å². The Labute approximate surface area is 148 Å². The molecule has 1 amide bonds. The number of halogens is 1. The highest BCUT2D eigenvalue weighted by atomic mass is 79.9. The summed E-state index contributed by atoms with van der Waals surface area (Å²) in [7, 11) is 0. The van der Waals surface area contributed by atoms with E-state index in [4.69, 9.17) is 14.6 Å². The number of ether oxygens (including phenoxy) is 2. The number of carboxylic acid groups (broad SMARTS) is 1. The Morgan fingerprint density at radius 2 is 1.79 bits per heavy atom. The maximum absolute atomic E-state index is 12.5. The van der Waals surface area contributed by atoms with Gasteiger partial charge in [-0.1, -0.05) is 28.8 Å². The SMILES string of the molecule is O=C(O)CC1(NC(=O)Cc2cc3c(cc2Br)OCCO3)CCCC1. The van der Waals surface area contributed by atoms with Crippen molar-refractivity contribution in [3.8, 4) is 11.5 Å². The van der Waals surface area contributed by atoms with Crippen molar-refractivity contribution in [3.05, 3.63) is 22.2 Å². The molecule has 7 heteroatoms. The summed E-state index contributed by atoms with van der Waals surface area (Å²) >= 11 is 3.46. The van der Waals surface area contributed by atoms with E-state index in [1.807, 2.05) is 0 Å². The molecule has 6 nitrogen and oxygen atoms in total. The molecule has 130 valence electrons. The summed E-state index contributed by atoms with van der Waals surface area (Å²) < 4.78 is 11.8. The second-order valence-corrected chi connectivity index (χ2v) is 7.22. The van der Waals surface area contributed by atoms with Gasteiger partial charge in [0.25, 0.3) is 0 Å². The Morgan fingerprint density at radius 1 is 1.17 bits per heavy atom. The van der Waals surface area contributed by atoms with Gasteiger partial charge in [-0.3, -0.25) is 9.59 Å². The molecule has 3 rings (SSSR count). The lowest BCUT2D eigenvalue weighted by Crippen LogP contribution is -2.48. The van der Waals surface area contributed by atoms with Gasteiger partial charge in [-0.15, -0.1) is 0 Å². The number of nitrogens with one attached hydrogen (secondary N) is 1. The molecule has 0 unspecified atom stereocenters. The van der Waals surface area contributed by atoms with Crippen LogP contribution in [-0.4, -0.2) is 35.7 Å². The number of benzene rings is 1. The van der Waals surface area contributed by atoms with E-state index in [1.165, 1.54) is 0 Å². The topological polar surface area (TPSA) is 84.9 Å². The average Bonchev–Trinajstić information content (AvgIpc) is 2.95. The summed E-state index contributed by atoms with van der Waals surface area (Å²) in [4.78, 5) is 23.6. The fraction of sp³-hybridized carbons (Fsp3) is 0.529. The van der Waals surface area contributed by atoms with E-state index in [1.54, 1.807) is 12.1 Å². The normalized spacial score (nSPS) is 18.2. The standard InChI is InChI=1S/C17H20BrNO5/c18-12-9-14-13(23-5-6-24-14)7-11(12)8-15(20)19-17(10-16(21)22)3-1-2-4-17/h7,9H,1-6,8,10H2,(H,19,20)(H,21,22). The van der Waals surface area contributed by atoms with Crippen molar-refractivity contribution in [2.45, 2.75) is 44.1 Å². The van der Waals surface area contributed by atoms with Crippen molar-refractivity contribution in [1.29, 1.82) is 0 Å². The van der Waals surface area contributed by atoms with Gasteiger partial charge in [0.05, 0.1) is 18.4 Å². The first-order chi connectivity index (χ1) is 11.5. The molecule has 0 saturated heterocycles. The zero-order valence-electron chi connectivity index (χ0n) is 13.3. The third kappa shape index (κ3) is 3.83. The maximum Gasteiger partial charge on any atom is 0.305 e. The average molecular weight is 398 g/mol. The minimum Gasteiger partial charge on any atom is -0.486 e. The van der Waals surface area contributed by atoms with Crippen LogP contribution >= 0.6 is 15.9 Å². The summed E-state index contributed by atoms with van der Waals surface area (Å²) in [5, 5.41) is 12.1. The van der Waals surface area contributed by atoms with Crippen LogP contribution in [0.2, 0.25) is 0 Å². The lowest BCUT2D eigenvalue weighted by Gasteiger charge is -2.29. The largest absolute Gasteiger partial charge is 0.486 e. The number of carbonyl (C=O) groups is 2. The number of carbonyl (C=O) groups excluding carboxylic acids is 1. The van der Waals surface area contributed by atoms with Crippen molar-refractivity contribution >= 4 is 27.8 Å². The van der Waals surface area contributed by atoms with Crippen molar-refractivity contribution in [2.24, 2.45) is 0 Å². The first-order valence-corrected chi connectivity index (χ1v) is 8.88. The fourth-order valence-electron chi connectivity index (χ4n) is 3.44. The van der Waals surface area contributed by atoms with E-state index in [2.05, 4.69) is 21.2 Å². The Morgan fingerprint density at radius 3 is 2.42 bits per heavy atom. The van der Waals surface area contributed by atoms with E-state index in [0.29, 0.717) is 37.6 Å². The molecule has 1 aromatic carbocycles. The van der Waals surface area contributed by atoms with Gasteiger partial charge >= 0.3 is 5.97 Å². The number of aliphatic carboxylic acids is 1. The number of fused-ring (bicyclic) bond motifs is 1. The highest BCUT2D eigenvalue weighted by Crippen LogP contribution is 2.36. The molecule has 1 aromatic rings. The van der Waals surface area contributed by atoms with Gasteiger partial charge < -0.3 is 19.9 Å².